The number of nitrogens with one attached hydrogen (secondary N) is 1. The van der Waals surface area contributed by atoms with Gasteiger partial charge in [-0.15, -0.1) is 0 Å². The smallest absolute Gasteiger partial charge is 0.296 e. The molecule has 1 aliphatic rings. The summed E-state index contributed by atoms with van der Waals surface area (Å²) in [6, 6.07) is 11.9. The van der Waals surface area contributed by atoms with E-state index in [4.69, 9.17) is 16.6 Å². The molecule has 0 bridgehead atoms. The maximum Gasteiger partial charge on any atom is 0.296 e. The summed E-state index contributed by atoms with van der Waals surface area (Å²) in [5.74, 6) is -0.249. The predicted octanol–water partition coefficient (Wildman–Crippen LogP) is 3.92. The van der Waals surface area contributed by atoms with Crippen molar-refractivity contribution in [3.63, 3.8) is 0 Å². The van der Waals surface area contributed by atoms with Gasteiger partial charge in [0.05, 0.1) is 23.1 Å². The second kappa shape index (κ2) is 8.81. The molecule has 8 heteroatoms. The molecule has 0 saturated heterocycles. The average Bonchev–Trinajstić information content (AvgIpc) is 2.78. The molecule has 31 heavy (non-hydrogen) atoms. The van der Waals surface area contributed by atoms with Gasteiger partial charge < -0.3 is 10.2 Å². The average molecular weight is 436 g/mol. The Morgan fingerprint density at radius 3 is 2.61 bits per heavy atom. The third-order valence-corrected chi connectivity index (χ3v) is 5.44. The molecule has 1 aliphatic heterocycles. The number of anilines is 1. The normalized spacial score (nSPS) is 14.0. The molecule has 0 aliphatic carbocycles. The summed E-state index contributed by atoms with van der Waals surface area (Å²) >= 11 is 5.89. The van der Waals surface area contributed by atoms with Crippen molar-refractivity contribution in [2.24, 2.45) is 0 Å². The monoisotopic (exact) mass is 435 g/mol. The summed E-state index contributed by atoms with van der Waals surface area (Å²) in [4.78, 5) is 40.3. The minimum Gasteiger partial charge on any atom is -0.344 e. The Morgan fingerprint density at radius 1 is 1.10 bits per heavy atom. The number of fused-ring (bicyclic) bond motifs is 1. The van der Waals surface area contributed by atoms with Crippen molar-refractivity contribution < 1.29 is 9.59 Å². The molecular weight excluding hydrogens is 414 g/mol. The first kappa shape index (κ1) is 20.9. The first-order valence-electron chi connectivity index (χ1n) is 10.1. The van der Waals surface area contributed by atoms with Gasteiger partial charge in [-0.3, -0.25) is 14.6 Å². The number of amides is 2. The van der Waals surface area contributed by atoms with Crippen LogP contribution < -0.4 is 10.2 Å². The van der Waals surface area contributed by atoms with E-state index in [1.807, 2.05) is 26.0 Å². The standard InChI is InChI=1S/C23H22ClN5O2/c1-14-11-12-25-21(26-14)23(31)29-13-3-4-19-20(29)10-9-18(28-19)15(2)27-22(30)16-5-7-17(24)8-6-16/h5-12,15H,3-4,13H2,1-2H3,(H,27,30). The summed E-state index contributed by atoms with van der Waals surface area (Å²) in [5.41, 5.74) is 3.61. The number of carbonyl (C=O) groups is 2. The number of nitrogens with zero attached hydrogens (tertiary/aromatic N) is 4. The zero-order valence-electron chi connectivity index (χ0n) is 17.3. The van der Waals surface area contributed by atoms with Crippen molar-refractivity contribution in [2.45, 2.75) is 32.7 Å². The van der Waals surface area contributed by atoms with E-state index in [9.17, 15) is 9.59 Å². The molecule has 2 aromatic heterocycles. The Hall–Kier alpha value is -3.32. The van der Waals surface area contributed by atoms with Gasteiger partial charge in [0.2, 0.25) is 5.82 Å². The van der Waals surface area contributed by atoms with E-state index in [1.165, 1.54) is 0 Å². The summed E-state index contributed by atoms with van der Waals surface area (Å²) < 4.78 is 0. The van der Waals surface area contributed by atoms with Gasteiger partial charge in [-0.05, 0) is 69.2 Å². The van der Waals surface area contributed by atoms with Crippen molar-refractivity contribution >= 4 is 29.1 Å². The van der Waals surface area contributed by atoms with E-state index in [2.05, 4.69) is 15.3 Å². The highest BCUT2D eigenvalue weighted by Crippen LogP contribution is 2.28. The molecule has 0 fully saturated rings. The number of hydrogen-bond acceptors (Lipinski definition) is 5. The summed E-state index contributed by atoms with van der Waals surface area (Å²) in [7, 11) is 0. The van der Waals surface area contributed by atoms with Gasteiger partial charge in [-0.1, -0.05) is 11.6 Å². The minimum absolute atomic E-state index is 0.181. The fourth-order valence-electron chi connectivity index (χ4n) is 3.55. The molecule has 158 valence electrons. The minimum atomic E-state index is -0.292. The third-order valence-electron chi connectivity index (χ3n) is 5.19. The lowest BCUT2D eigenvalue weighted by atomic mass is 10.0. The molecule has 0 spiro atoms. The Kier molecular flexibility index (Phi) is 5.95. The summed E-state index contributed by atoms with van der Waals surface area (Å²) in [6.45, 7) is 4.30. The number of halogens is 1. The van der Waals surface area contributed by atoms with Crippen molar-refractivity contribution in [2.75, 3.05) is 11.4 Å². The molecule has 3 aromatic rings. The van der Waals surface area contributed by atoms with E-state index in [0.717, 1.165) is 35.6 Å². The van der Waals surface area contributed by atoms with Crippen LogP contribution in [-0.4, -0.2) is 33.3 Å². The molecule has 1 aromatic carbocycles. The van der Waals surface area contributed by atoms with Crippen molar-refractivity contribution in [3.05, 3.63) is 82.2 Å². The van der Waals surface area contributed by atoms with Crippen LogP contribution in [-0.2, 0) is 6.42 Å². The maximum absolute atomic E-state index is 13.0. The fraction of sp³-hybridized carbons (Fsp3) is 0.261. The zero-order chi connectivity index (χ0) is 22.0. The van der Waals surface area contributed by atoms with E-state index in [0.29, 0.717) is 17.1 Å². The van der Waals surface area contributed by atoms with E-state index >= 15 is 0 Å². The molecule has 2 amide bonds. The quantitative estimate of drug-likeness (QED) is 0.671. The highest BCUT2D eigenvalue weighted by molar-refractivity contribution is 6.30. The molecule has 7 nitrogen and oxygen atoms in total. The van der Waals surface area contributed by atoms with Crippen LogP contribution in [0.1, 0.15) is 57.4 Å². The largest absolute Gasteiger partial charge is 0.344 e. The molecule has 4 rings (SSSR count). The van der Waals surface area contributed by atoms with Gasteiger partial charge in [-0.2, -0.15) is 0 Å². The number of pyridine rings is 1. The fourth-order valence-corrected chi connectivity index (χ4v) is 3.67. The predicted molar refractivity (Wildman–Crippen MR) is 118 cm³/mol. The van der Waals surface area contributed by atoms with Crippen molar-refractivity contribution in [3.8, 4) is 0 Å². The van der Waals surface area contributed by atoms with Crippen LogP contribution in [0.15, 0.2) is 48.7 Å². The van der Waals surface area contributed by atoms with Crippen molar-refractivity contribution in [1.29, 1.82) is 0 Å². The maximum atomic E-state index is 13.0. The van der Waals surface area contributed by atoms with Gasteiger partial charge in [0.1, 0.15) is 0 Å². The molecular formula is C23H22ClN5O2. The Labute approximate surface area is 185 Å². The Balaban J connectivity index is 1.53. The zero-order valence-corrected chi connectivity index (χ0v) is 18.1. The lowest BCUT2D eigenvalue weighted by molar-refractivity contribution is 0.0938. The summed E-state index contributed by atoms with van der Waals surface area (Å²) in [6.07, 6.45) is 3.15. The van der Waals surface area contributed by atoms with Gasteiger partial charge in [0, 0.05) is 29.0 Å². The van der Waals surface area contributed by atoms with Crippen LogP contribution in [0.2, 0.25) is 5.02 Å². The lowest BCUT2D eigenvalue weighted by Crippen LogP contribution is -2.37. The second-order valence-corrected chi connectivity index (χ2v) is 7.92. The van der Waals surface area contributed by atoms with Gasteiger partial charge in [0.25, 0.3) is 11.8 Å². The molecule has 1 N–H and O–H groups in total. The molecule has 0 radical (unpaired) electrons. The van der Waals surface area contributed by atoms with E-state index < -0.39 is 0 Å². The Morgan fingerprint density at radius 2 is 1.87 bits per heavy atom. The number of hydrogen-bond donors (Lipinski definition) is 1. The van der Waals surface area contributed by atoms with E-state index in [1.54, 1.807) is 41.4 Å². The van der Waals surface area contributed by atoms with Crippen LogP contribution >= 0.6 is 11.6 Å². The first-order chi connectivity index (χ1) is 14.9. The van der Waals surface area contributed by atoms with E-state index in [-0.39, 0.29) is 23.7 Å². The third kappa shape index (κ3) is 4.56. The molecule has 1 atom stereocenters. The van der Waals surface area contributed by atoms with Crippen LogP contribution in [0.25, 0.3) is 0 Å². The number of rotatable bonds is 4. The number of aryl methyl sites for hydroxylation is 2. The second-order valence-electron chi connectivity index (χ2n) is 7.49. The van der Waals surface area contributed by atoms with Crippen molar-refractivity contribution in [1.82, 2.24) is 20.3 Å². The van der Waals surface area contributed by atoms with Crippen LogP contribution in [0.3, 0.4) is 0 Å². The van der Waals surface area contributed by atoms with Gasteiger partial charge >= 0.3 is 0 Å². The van der Waals surface area contributed by atoms with Crippen LogP contribution in [0, 0.1) is 6.92 Å². The topological polar surface area (TPSA) is 88.1 Å². The number of aromatic nitrogens is 3. The highest BCUT2D eigenvalue weighted by Gasteiger charge is 2.27. The van der Waals surface area contributed by atoms with Gasteiger partial charge in [-0.25, -0.2) is 9.97 Å². The SMILES string of the molecule is Cc1ccnc(C(=O)N2CCCc3nc(C(C)NC(=O)c4ccc(Cl)cc4)ccc32)n1. The summed E-state index contributed by atoms with van der Waals surface area (Å²) in [5, 5.41) is 3.54. The number of carbonyl (C=O) groups excluding carboxylic acids is 2. The Bertz CT molecular complexity index is 1130. The molecule has 0 saturated carbocycles. The molecule has 3 heterocycles. The number of benzene rings is 1. The van der Waals surface area contributed by atoms with Crippen LogP contribution in [0.4, 0.5) is 5.69 Å². The molecule has 1 unspecified atom stereocenters. The highest BCUT2D eigenvalue weighted by atomic mass is 35.5. The first-order valence-corrected chi connectivity index (χ1v) is 10.5. The van der Waals surface area contributed by atoms with Gasteiger partial charge in [0.15, 0.2) is 0 Å². The van der Waals surface area contributed by atoms with Crippen LogP contribution in [0.5, 0.6) is 0 Å². The lowest BCUT2D eigenvalue weighted by Gasteiger charge is -2.29.